The first-order valence-electron chi connectivity index (χ1n) is 8.53. The van der Waals surface area contributed by atoms with Crippen LogP contribution >= 0.6 is 0 Å². The Morgan fingerprint density at radius 1 is 1.15 bits per heavy atom. The Bertz CT molecular complexity index is 630. The molecule has 1 aromatic carbocycles. The molecule has 1 aliphatic carbocycles. The van der Waals surface area contributed by atoms with Gasteiger partial charge >= 0.3 is 12.3 Å². The lowest BCUT2D eigenvalue weighted by molar-refractivity contribution is -0.274. The molecule has 0 radical (unpaired) electrons. The van der Waals surface area contributed by atoms with Crippen molar-refractivity contribution in [3.63, 3.8) is 0 Å². The molecule has 0 aromatic heterocycles. The van der Waals surface area contributed by atoms with Crippen molar-refractivity contribution < 1.29 is 32.2 Å². The standard InChI is InChI=1S/C18H22F3NO4/c1-11-5-3-4-6-15(11)22-16(23)12(2)25-17(24)13-7-9-14(10-8-13)26-18(19,20)21/h7-12,15H,3-6H2,1-2H3,(H,22,23)/t11-,12-,15+/m1/s1. The SMILES string of the molecule is C[C@@H]1CCCC[C@@H]1NC(=O)[C@@H](C)OC(=O)c1ccc(OC(F)(F)F)cc1. The molecule has 1 N–H and O–H groups in total. The number of hydrogen-bond acceptors (Lipinski definition) is 4. The van der Waals surface area contributed by atoms with Crippen LogP contribution in [0.1, 0.15) is 49.9 Å². The maximum Gasteiger partial charge on any atom is 0.573 e. The maximum atomic E-state index is 12.2. The minimum atomic E-state index is -4.80. The van der Waals surface area contributed by atoms with E-state index in [1.54, 1.807) is 0 Å². The van der Waals surface area contributed by atoms with Crippen molar-refractivity contribution in [2.45, 2.75) is 58.0 Å². The molecular weight excluding hydrogens is 351 g/mol. The summed E-state index contributed by atoms with van der Waals surface area (Å²) in [4.78, 5) is 24.2. The minimum absolute atomic E-state index is 0.0326. The van der Waals surface area contributed by atoms with Crippen LogP contribution in [0.5, 0.6) is 5.75 Å². The third-order valence-electron chi connectivity index (χ3n) is 4.42. The second-order valence-electron chi connectivity index (χ2n) is 6.50. The molecule has 1 saturated carbocycles. The number of hydrogen-bond donors (Lipinski definition) is 1. The number of alkyl halides is 3. The van der Waals surface area contributed by atoms with Gasteiger partial charge in [-0.15, -0.1) is 13.2 Å². The quantitative estimate of drug-likeness (QED) is 0.797. The highest BCUT2D eigenvalue weighted by molar-refractivity contribution is 5.92. The number of carbonyl (C=O) groups is 2. The molecule has 8 heteroatoms. The van der Waals surface area contributed by atoms with Crippen LogP contribution in [0.25, 0.3) is 0 Å². The van der Waals surface area contributed by atoms with Gasteiger partial charge in [-0.3, -0.25) is 4.79 Å². The molecule has 1 amide bonds. The highest BCUT2D eigenvalue weighted by atomic mass is 19.4. The molecule has 1 aromatic rings. The van der Waals surface area contributed by atoms with Crippen molar-refractivity contribution in [2.24, 2.45) is 5.92 Å². The number of rotatable bonds is 5. The second-order valence-corrected chi connectivity index (χ2v) is 6.50. The minimum Gasteiger partial charge on any atom is -0.449 e. The fourth-order valence-electron chi connectivity index (χ4n) is 2.91. The van der Waals surface area contributed by atoms with Crippen molar-refractivity contribution in [2.75, 3.05) is 0 Å². The van der Waals surface area contributed by atoms with Crippen molar-refractivity contribution >= 4 is 11.9 Å². The van der Waals surface area contributed by atoms with Crippen molar-refractivity contribution in [3.8, 4) is 5.75 Å². The van der Waals surface area contributed by atoms with E-state index in [0.717, 1.165) is 49.9 Å². The van der Waals surface area contributed by atoms with Crippen molar-refractivity contribution in [3.05, 3.63) is 29.8 Å². The number of esters is 1. The average molecular weight is 373 g/mol. The summed E-state index contributed by atoms with van der Waals surface area (Å²) in [6, 6.07) is 4.39. The van der Waals surface area contributed by atoms with Crippen LogP contribution in [0, 0.1) is 5.92 Å². The largest absolute Gasteiger partial charge is 0.573 e. The molecule has 2 rings (SSSR count). The van der Waals surface area contributed by atoms with E-state index < -0.39 is 24.2 Å². The monoisotopic (exact) mass is 373 g/mol. The fourth-order valence-corrected chi connectivity index (χ4v) is 2.91. The molecule has 0 aliphatic heterocycles. The van der Waals surface area contributed by atoms with Crippen molar-refractivity contribution in [1.29, 1.82) is 0 Å². The van der Waals surface area contributed by atoms with Crippen LogP contribution in [0.2, 0.25) is 0 Å². The van der Waals surface area contributed by atoms with Crippen LogP contribution in [-0.4, -0.2) is 30.4 Å². The first-order chi connectivity index (χ1) is 12.2. The molecule has 0 bridgehead atoms. The smallest absolute Gasteiger partial charge is 0.449 e. The van der Waals surface area contributed by atoms with Gasteiger partial charge in [0.15, 0.2) is 6.10 Å². The van der Waals surface area contributed by atoms with Gasteiger partial charge in [0, 0.05) is 6.04 Å². The molecule has 26 heavy (non-hydrogen) atoms. The predicted octanol–water partition coefficient (Wildman–Crippen LogP) is 3.83. The molecule has 0 saturated heterocycles. The summed E-state index contributed by atoms with van der Waals surface area (Å²) < 4.78 is 45.2. The molecule has 144 valence electrons. The second kappa shape index (κ2) is 8.42. The number of benzene rings is 1. The van der Waals surface area contributed by atoms with Gasteiger partial charge in [-0.1, -0.05) is 19.8 Å². The summed E-state index contributed by atoms with van der Waals surface area (Å²) in [6.07, 6.45) is -1.66. The lowest BCUT2D eigenvalue weighted by Gasteiger charge is -2.30. The Kier molecular flexibility index (Phi) is 6.50. The summed E-state index contributed by atoms with van der Waals surface area (Å²) in [7, 11) is 0. The lowest BCUT2D eigenvalue weighted by Crippen LogP contribution is -2.45. The number of ether oxygens (including phenoxy) is 2. The van der Waals surface area contributed by atoms with E-state index in [1.807, 2.05) is 0 Å². The predicted molar refractivity (Wildman–Crippen MR) is 87.6 cm³/mol. The van der Waals surface area contributed by atoms with Crippen LogP contribution in [-0.2, 0) is 9.53 Å². The van der Waals surface area contributed by atoms with Crippen molar-refractivity contribution in [1.82, 2.24) is 5.32 Å². The summed E-state index contributed by atoms with van der Waals surface area (Å²) in [5.41, 5.74) is 0.0326. The maximum absolute atomic E-state index is 12.2. The highest BCUT2D eigenvalue weighted by Gasteiger charge is 2.31. The summed E-state index contributed by atoms with van der Waals surface area (Å²) in [6.45, 7) is 3.53. The number of halogens is 3. The van der Waals surface area contributed by atoms with Gasteiger partial charge in [-0.2, -0.15) is 0 Å². The van der Waals surface area contributed by atoms with E-state index >= 15 is 0 Å². The Morgan fingerprint density at radius 3 is 2.35 bits per heavy atom. The number of nitrogens with one attached hydrogen (secondary N) is 1. The Labute approximate surface area is 149 Å². The van der Waals surface area contributed by atoms with E-state index in [9.17, 15) is 22.8 Å². The molecule has 0 unspecified atom stereocenters. The number of carbonyl (C=O) groups excluding carboxylic acids is 2. The normalized spacial score (nSPS) is 21.6. The zero-order valence-corrected chi connectivity index (χ0v) is 14.6. The zero-order chi connectivity index (χ0) is 19.3. The Morgan fingerprint density at radius 2 is 1.77 bits per heavy atom. The van der Waals surface area contributed by atoms with Crippen LogP contribution in [0.3, 0.4) is 0 Å². The van der Waals surface area contributed by atoms with E-state index in [1.165, 1.54) is 6.92 Å². The molecule has 3 atom stereocenters. The van der Waals surface area contributed by atoms with Gasteiger partial charge in [0.25, 0.3) is 5.91 Å². The zero-order valence-electron chi connectivity index (χ0n) is 14.6. The first-order valence-corrected chi connectivity index (χ1v) is 8.53. The fraction of sp³-hybridized carbons (Fsp3) is 0.556. The van der Waals surface area contributed by atoms with Gasteiger partial charge < -0.3 is 14.8 Å². The molecule has 0 spiro atoms. The first kappa shape index (κ1) is 20.1. The molecule has 5 nitrogen and oxygen atoms in total. The molecular formula is C18H22F3NO4. The third-order valence-corrected chi connectivity index (χ3v) is 4.42. The van der Waals surface area contributed by atoms with Gasteiger partial charge in [0.1, 0.15) is 5.75 Å². The van der Waals surface area contributed by atoms with Gasteiger partial charge in [0.05, 0.1) is 5.56 Å². The highest BCUT2D eigenvalue weighted by Crippen LogP contribution is 2.24. The van der Waals surface area contributed by atoms with E-state index in [4.69, 9.17) is 4.74 Å². The van der Waals surface area contributed by atoms with Crippen LogP contribution in [0.15, 0.2) is 24.3 Å². The van der Waals surface area contributed by atoms with Crippen LogP contribution in [0.4, 0.5) is 13.2 Å². The molecule has 0 heterocycles. The van der Waals surface area contributed by atoms with Gasteiger partial charge in [0.2, 0.25) is 0 Å². The molecule has 1 fully saturated rings. The average Bonchev–Trinajstić information content (AvgIpc) is 2.56. The van der Waals surface area contributed by atoms with Gasteiger partial charge in [-0.05, 0) is 49.9 Å². The Balaban J connectivity index is 1.88. The Hall–Kier alpha value is -2.25. The number of amides is 1. The topological polar surface area (TPSA) is 64.6 Å². The lowest BCUT2D eigenvalue weighted by atomic mass is 9.86. The van der Waals surface area contributed by atoms with E-state index in [0.29, 0.717) is 5.92 Å². The van der Waals surface area contributed by atoms with Gasteiger partial charge in [-0.25, -0.2) is 4.79 Å². The third kappa shape index (κ3) is 5.93. The van der Waals surface area contributed by atoms with Crippen LogP contribution < -0.4 is 10.1 Å². The van der Waals surface area contributed by atoms with E-state index in [2.05, 4.69) is 17.0 Å². The van der Waals surface area contributed by atoms with E-state index in [-0.39, 0.29) is 17.5 Å². The molecule has 1 aliphatic rings. The summed E-state index contributed by atoms with van der Waals surface area (Å²) in [5.74, 6) is -1.24. The summed E-state index contributed by atoms with van der Waals surface area (Å²) in [5, 5.41) is 2.90. The summed E-state index contributed by atoms with van der Waals surface area (Å²) >= 11 is 0.